The number of aliphatic hydroxyl groups is 3. The van der Waals surface area contributed by atoms with E-state index in [0.717, 1.165) is 51.4 Å². The Kier molecular flexibility index (Phi) is 29.1. The van der Waals surface area contributed by atoms with Crippen LogP contribution in [-0.4, -0.2) is 40.0 Å². The van der Waals surface area contributed by atoms with Crippen LogP contribution in [0.15, 0.2) is 24.5 Å². The van der Waals surface area contributed by atoms with E-state index in [4.69, 9.17) is 9.47 Å². The molecule has 242 valence electrons. The second-order valence-electron chi connectivity index (χ2n) is 11.6. The predicted octanol–water partition coefficient (Wildman–Crippen LogP) is 9.41. The van der Waals surface area contributed by atoms with Crippen molar-refractivity contribution in [3.63, 3.8) is 0 Å². The third kappa shape index (κ3) is 26.0. The first-order valence-electron chi connectivity index (χ1n) is 17.2. The van der Waals surface area contributed by atoms with Crippen LogP contribution in [0.4, 0.5) is 0 Å². The van der Waals surface area contributed by atoms with E-state index < -0.39 is 24.7 Å². The van der Waals surface area contributed by atoms with Crippen molar-refractivity contribution in [3.05, 3.63) is 24.5 Å². The zero-order valence-corrected chi connectivity index (χ0v) is 26.8. The number of carbonyl (C=O) groups is 1. The first kappa shape index (κ1) is 39.6. The first-order chi connectivity index (χ1) is 20.0. The van der Waals surface area contributed by atoms with E-state index in [2.05, 4.69) is 26.0 Å². The minimum atomic E-state index is -2.58. The monoisotopic (exact) mass is 582 g/mol. The lowest BCUT2D eigenvalue weighted by molar-refractivity contribution is -0.362. The molecule has 0 aromatic carbocycles. The van der Waals surface area contributed by atoms with Gasteiger partial charge in [0.15, 0.2) is 6.10 Å². The van der Waals surface area contributed by atoms with Gasteiger partial charge in [-0.1, -0.05) is 135 Å². The van der Waals surface area contributed by atoms with Gasteiger partial charge in [0.25, 0.3) is 0 Å². The van der Waals surface area contributed by atoms with Crippen LogP contribution in [-0.2, 0) is 14.3 Å². The Morgan fingerprint density at radius 1 is 0.634 bits per heavy atom. The van der Waals surface area contributed by atoms with Gasteiger partial charge in [0.2, 0.25) is 0 Å². The van der Waals surface area contributed by atoms with Gasteiger partial charge in [0, 0.05) is 6.42 Å². The Labute approximate surface area is 253 Å². The minimum Gasteiger partial charge on any atom is -0.436 e. The summed E-state index contributed by atoms with van der Waals surface area (Å²) in [6, 6.07) is 0. The summed E-state index contributed by atoms with van der Waals surface area (Å²) in [7, 11) is 0. The number of aliphatic hydroxyl groups excluding tert-OH is 2. The highest BCUT2D eigenvalue weighted by Gasteiger charge is 2.42. The van der Waals surface area contributed by atoms with Crippen LogP contribution in [0, 0.1) is 0 Å². The lowest BCUT2D eigenvalue weighted by atomic mass is 10.0. The van der Waals surface area contributed by atoms with E-state index >= 15 is 0 Å². The fraction of sp³-hybridized carbons (Fsp3) is 0.857. The first-order valence-corrected chi connectivity index (χ1v) is 17.2. The smallest absolute Gasteiger partial charge is 0.400 e. The third-order valence-corrected chi connectivity index (χ3v) is 7.55. The molecular weight excluding hydrogens is 516 g/mol. The van der Waals surface area contributed by atoms with Crippen LogP contribution in [0.2, 0.25) is 0 Å². The number of unbranched alkanes of at least 4 members (excludes halogenated alkanes) is 21. The molecule has 3 N–H and O–H groups in total. The molecule has 0 bridgehead atoms. The Balaban J connectivity index is 3.92. The molecule has 6 nitrogen and oxygen atoms in total. The SMILES string of the molecule is CCCCCCC=CCCCCCCCC(=O)OC(O)(OC=CCCCCCCCCCCCCCC)C(O)CO. The maximum Gasteiger partial charge on any atom is 0.400 e. The second kappa shape index (κ2) is 30.1. The number of hydrogen-bond acceptors (Lipinski definition) is 6. The standard InChI is InChI=1S/C35H66O6/c1-3-5-7-9-11-13-15-17-19-21-23-25-27-29-31-40-35(39,33(37)32-36)41-34(38)30-28-26-24-22-20-18-16-14-12-10-8-6-4-2/h14,16,29,31,33,36-37,39H,3-13,15,17-28,30,32H2,1-2H3. The zero-order chi connectivity index (χ0) is 30.3. The molecule has 6 heteroatoms. The molecule has 0 aromatic heterocycles. The van der Waals surface area contributed by atoms with Gasteiger partial charge in [0.1, 0.15) is 0 Å². The molecule has 0 amide bonds. The summed E-state index contributed by atoms with van der Waals surface area (Å²) >= 11 is 0. The van der Waals surface area contributed by atoms with E-state index in [9.17, 15) is 20.1 Å². The van der Waals surface area contributed by atoms with E-state index in [1.165, 1.54) is 103 Å². The average molecular weight is 583 g/mol. The van der Waals surface area contributed by atoms with Crippen LogP contribution in [0.3, 0.4) is 0 Å². The van der Waals surface area contributed by atoms with Gasteiger partial charge >= 0.3 is 11.9 Å². The highest BCUT2D eigenvalue weighted by atomic mass is 16.8. The summed E-state index contributed by atoms with van der Waals surface area (Å²) in [5, 5.41) is 29.8. The summed E-state index contributed by atoms with van der Waals surface area (Å²) in [5.41, 5.74) is 0. The maximum absolute atomic E-state index is 12.3. The lowest BCUT2D eigenvalue weighted by Gasteiger charge is -2.29. The molecule has 2 unspecified atom stereocenters. The number of hydrogen-bond donors (Lipinski definition) is 3. The molecule has 0 aliphatic carbocycles. The van der Waals surface area contributed by atoms with Crippen molar-refractivity contribution in [1.29, 1.82) is 0 Å². The summed E-state index contributed by atoms with van der Waals surface area (Å²) in [4.78, 5) is 12.3. The van der Waals surface area contributed by atoms with Crippen LogP contribution in [0.5, 0.6) is 0 Å². The highest BCUT2D eigenvalue weighted by molar-refractivity contribution is 5.69. The van der Waals surface area contributed by atoms with Crippen molar-refractivity contribution < 1.29 is 29.6 Å². The summed E-state index contributed by atoms with van der Waals surface area (Å²) < 4.78 is 10.2. The fourth-order valence-electron chi connectivity index (χ4n) is 4.80. The number of allylic oxidation sites excluding steroid dienone is 3. The molecular formula is C35H66O6. The van der Waals surface area contributed by atoms with Crippen LogP contribution < -0.4 is 0 Å². The predicted molar refractivity (Wildman–Crippen MR) is 170 cm³/mol. The second-order valence-corrected chi connectivity index (χ2v) is 11.6. The van der Waals surface area contributed by atoms with Gasteiger partial charge < -0.3 is 24.8 Å². The van der Waals surface area contributed by atoms with E-state index in [0.29, 0.717) is 6.42 Å². The molecule has 0 spiro atoms. The van der Waals surface area contributed by atoms with Crippen molar-refractivity contribution in [3.8, 4) is 0 Å². The van der Waals surface area contributed by atoms with Crippen LogP contribution in [0.25, 0.3) is 0 Å². The molecule has 0 radical (unpaired) electrons. The van der Waals surface area contributed by atoms with Crippen molar-refractivity contribution in [1.82, 2.24) is 0 Å². The fourth-order valence-corrected chi connectivity index (χ4v) is 4.80. The Bertz CT molecular complexity index is 620. The summed E-state index contributed by atoms with van der Waals surface area (Å²) in [5.74, 6) is -3.23. The molecule has 2 atom stereocenters. The summed E-state index contributed by atoms with van der Waals surface area (Å²) in [6.45, 7) is 3.69. The third-order valence-electron chi connectivity index (χ3n) is 7.55. The molecule has 0 aromatic rings. The normalized spacial score (nSPS) is 14.1. The molecule has 0 saturated heterocycles. The van der Waals surface area contributed by atoms with Gasteiger partial charge in [-0.15, -0.1) is 0 Å². The largest absolute Gasteiger partial charge is 0.436 e. The maximum atomic E-state index is 12.3. The minimum absolute atomic E-state index is 0.129. The van der Waals surface area contributed by atoms with Crippen molar-refractivity contribution in [2.45, 2.75) is 186 Å². The van der Waals surface area contributed by atoms with E-state index in [1.54, 1.807) is 6.08 Å². The van der Waals surface area contributed by atoms with E-state index in [-0.39, 0.29) is 6.42 Å². The highest BCUT2D eigenvalue weighted by Crippen LogP contribution is 2.19. The Morgan fingerprint density at radius 2 is 1.02 bits per heavy atom. The molecule has 0 aliphatic heterocycles. The van der Waals surface area contributed by atoms with Crippen molar-refractivity contribution >= 4 is 5.97 Å². The lowest BCUT2D eigenvalue weighted by Crippen LogP contribution is -2.49. The number of rotatable bonds is 31. The van der Waals surface area contributed by atoms with Gasteiger partial charge in [-0.3, -0.25) is 4.79 Å². The van der Waals surface area contributed by atoms with Crippen molar-refractivity contribution in [2.24, 2.45) is 0 Å². The molecule has 0 heterocycles. The zero-order valence-electron chi connectivity index (χ0n) is 26.8. The van der Waals surface area contributed by atoms with Crippen LogP contribution in [0.1, 0.15) is 174 Å². The quantitative estimate of drug-likeness (QED) is 0.0248. The molecule has 0 aliphatic rings. The Morgan fingerprint density at radius 3 is 1.49 bits per heavy atom. The van der Waals surface area contributed by atoms with Gasteiger partial charge in [-0.25, -0.2) is 0 Å². The molecule has 0 saturated carbocycles. The van der Waals surface area contributed by atoms with Gasteiger partial charge in [-0.05, 0) is 51.0 Å². The average Bonchev–Trinajstić information content (AvgIpc) is 2.97. The van der Waals surface area contributed by atoms with Crippen molar-refractivity contribution in [2.75, 3.05) is 6.61 Å². The molecule has 41 heavy (non-hydrogen) atoms. The van der Waals surface area contributed by atoms with Crippen LogP contribution >= 0.6 is 0 Å². The number of carbonyl (C=O) groups excluding carboxylic acids is 1. The number of esters is 1. The Hall–Kier alpha value is -1.37. The molecule has 0 fully saturated rings. The molecule has 0 rings (SSSR count). The topological polar surface area (TPSA) is 96.2 Å². The van der Waals surface area contributed by atoms with Gasteiger partial charge in [0.05, 0.1) is 12.9 Å². The summed E-state index contributed by atoms with van der Waals surface area (Å²) in [6.07, 6.45) is 34.5. The van der Waals surface area contributed by atoms with E-state index in [1.807, 2.05) is 0 Å². The van der Waals surface area contributed by atoms with Gasteiger partial charge in [-0.2, -0.15) is 0 Å². The number of ether oxygens (including phenoxy) is 2.